The molecule has 108 valence electrons. The Kier molecular flexibility index (Phi) is 2.85. The molecule has 1 aliphatic carbocycles. The van der Waals surface area contributed by atoms with E-state index in [2.05, 4.69) is 15.3 Å². The van der Waals surface area contributed by atoms with Crippen LogP contribution in [-0.2, 0) is 16.3 Å². The van der Waals surface area contributed by atoms with Crippen LogP contribution in [0, 0.1) is 5.92 Å². The van der Waals surface area contributed by atoms with E-state index >= 15 is 0 Å². The third-order valence-electron chi connectivity index (χ3n) is 4.14. The van der Waals surface area contributed by atoms with Crippen molar-refractivity contribution in [3.63, 3.8) is 0 Å². The molecule has 4 rings (SSSR count). The Bertz CT molecular complexity index is 731. The van der Waals surface area contributed by atoms with Crippen LogP contribution in [0.1, 0.15) is 42.4 Å². The average molecular weight is 312 g/mol. The van der Waals surface area contributed by atoms with Crippen LogP contribution in [0.4, 0.5) is 0 Å². The van der Waals surface area contributed by atoms with E-state index in [0.717, 1.165) is 35.1 Å². The maximum absolute atomic E-state index is 11.4. The van der Waals surface area contributed by atoms with Crippen LogP contribution in [0.25, 0.3) is 4.96 Å². The number of rotatable bonds is 3. The molecule has 2 aromatic rings. The van der Waals surface area contributed by atoms with Gasteiger partial charge in [0.25, 0.3) is 0 Å². The minimum absolute atomic E-state index is 0.328. The van der Waals surface area contributed by atoms with Crippen molar-refractivity contribution in [2.24, 2.45) is 5.92 Å². The molecule has 1 aliphatic heterocycles. The van der Waals surface area contributed by atoms with Gasteiger partial charge in [0.15, 0.2) is 5.82 Å². The van der Waals surface area contributed by atoms with Gasteiger partial charge in [-0.15, -0.1) is 10.2 Å². The maximum atomic E-state index is 11.4. The third-order valence-corrected chi connectivity index (χ3v) is 6.77. The molecule has 2 fully saturated rings. The van der Waals surface area contributed by atoms with Gasteiger partial charge in [-0.25, -0.2) is 8.42 Å². The lowest BCUT2D eigenvalue weighted by atomic mass is 9.99. The normalized spacial score (nSPS) is 23.4. The topological polar surface area (TPSA) is 77.2 Å². The van der Waals surface area contributed by atoms with E-state index in [9.17, 15) is 8.42 Å². The summed E-state index contributed by atoms with van der Waals surface area (Å²) in [4.78, 5) is 0.866. The standard InChI is InChI=1S/C12H16N4O2S2/c17-20(18)5-3-8(4-6-20)7-10-15-16-11(9-1-2-9)13-14-12(16)19-10/h8-9H,1-7H2. The molecule has 0 atom stereocenters. The van der Waals surface area contributed by atoms with Crippen molar-refractivity contribution in [2.45, 2.75) is 38.0 Å². The monoisotopic (exact) mass is 312 g/mol. The number of hydrogen-bond donors (Lipinski definition) is 0. The average Bonchev–Trinajstić information content (AvgIpc) is 3.05. The highest BCUT2D eigenvalue weighted by Crippen LogP contribution is 2.39. The van der Waals surface area contributed by atoms with E-state index in [1.807, 2.05) is 4.52 Å². The first-order chi connectivity index (χ1) is 9.61. The summed E-state index contributed by atoms with van der Waals surface area (Å²) in [6.07, 6.45) is 4.77. The van der Waals surface area contributed by atoms with Crippen molar-refractivity contribution in [1.29, 1.82) is 0 Å². The fourth-order valence-electron chi connectivity index (χ4n) is 2.74. The van der Waals surface area contributed by atoms with Gasteiger partial charge in [-0.2, -0.15) is 9.61 Å². The van der Waals surface area contributed by atoms with E-state index in [-0.39, 0.29) is 0 Å². The molecule has 0 amide bonds. The Morgan fingerprint density at radius 2 is 1.90 bits per heavy atom. The zero-order valence-electron chi connectivity index (χ0n) is 11.0. The fraction of sp³-hybridized carbons (Fsp3) is 0.750. The third kappa shape index (κ3) is 2.35. The Labute approximate surface area is 121 Å². The highest BCUT2D eigenvalue weighted by molar-refractivity contribution is 7.91. The van der Waals surface area contributed by atoms with Gasteiger partial charge in [-0.1, -0.05) is 11.3 Å². The van der Waals surface area contributed by atoms with Gasteiger partial charge in [0.1, 0.15) is 14.8 Å². The van der Waals surface area contributed by atoms with Crippen LogP contribution in [-0.4, -0.2) is 39.7 Å². The van der Waals surface area contributed by atoms with Crippen LogP contribution >= 0.6 is 11.3 Å². The molecule has 0 N–H and O–H groups in total. The molecule has 0 radical (unpaired) electrons. The smallest absolute Gasteiger partial charge is 0.229 e. The molecule has 3 heterocycles. The predicted octanol–water partition coefficient (Wildman–Crippen LogP) is 1.43. The summed E-state index contributed by atoms with van der Waals surface area (Å²) in [7, 11) is -2.78. The summed E-state index contributed by atoms with van der Waals surface area (Å²) >= 11 is 1.59. The van der Waals surface area contributed by atoms with Gasteiger partial charge in [-0.3, -0.25) is 0 Å². The van der Waals surface area contributed by atoms with E-state index in [0.29, 0.717) is 23.3 Å². The number of hydrogen-bond acceptors (Lipinski definition) is 6. The molecule has 0 unspecified atom stereocenters. The Hall–Kier alpha value is -1.02. The highest BCUT2D eigenvalue weighted by atomic mass is 32.2. The zero-order valence-corrected chi connectivity index (χ0v) is 12.7. The van der Waals surface area contributed by atoms with Crippen LogP contribution in [0.2, 0.25) is 0 Å². The molecule has 0 spiro atoms. The lowest BCUT2D eigenvalue weighted by Gasteiger charge is -2.20. The molecular weight excluding hydrogens is 296 g/mol. The van der Waals surface area contributed by atoms with E-state index in [4.69, 9.17) is 0 Å². The minimum Gasteiger partial charge on any atom is -0.229 e. The molecule has 2 aliphatic rings. The van der Waals surface area contributed by atoms with Gasteiger partial charge in [-0.05, 0) is 31.6 Å². The van der Waals surface area contributed by atoms with Gasteiger partial charge in [0.2, 0.25) is 4.96 Å². The van der Waals surface area contributed by atoms with Crippen LogP contribution < -0.4 is 0 Å². The number of fused-ring (bicyclic) bond motifs is 1. The maximum Gasteiger partial charge on any atom is 0.234 e. The molecule has 0 aromatic carbocycles. The summed E-state index contributed by atoms with van der Waals surface area (Å²) in [5, 5.41) is 14.1. The summed E-state index contributed by atoms with van der Waals surface area (Å²) < 4.78 is 24.8. The summed E-state index contributed by atoms with van der Waals surface area (Å²) in [5.41, 5.74) is 0. The second-order valence-corrected chi connectivity index (χ2v) is 9.17. The predicted molar refractivity (Wildman–Crippen MR) is 75.7 cm³/mol. The molecule has 2 aromatic heterocycles. The Balaban J connectivity index is 1.51. The summed E-state index contributed by atoms with van der Waals surface area (Å²) in [5.74, 6) is 2.63. The molecule has 1 saturated carbocycles. The van der Waals surface area contributed by atoms with Crippen molar-refractivity contribution in [2.75, 3.05) is 11.5 Å². The van der Waals surface area contributed by atoms with Gasteiger partial charge in [0.05, 0.1) is 11.5 Å². The molecular formula is C12H16N4O2S2. The van der Waals surface area contributed by atoms with Crippen LogP contribution in [0.3, 0.4) is 0 Å². The van der Waals surface area contributed by atoms with E-state index in [1.54, 1.807) is 11.3 Å². The Morgan fingerprint density at radius 1 is 1.15 bits per heavy atom. The first kappa shape index (κ1) is 12.7. The lowest BCUT2D eigenvalue weighted by Crippen LogP contribution is -2.24. The number of aromatic nitrogens is 4. The van der Waals surface area contributed by atoms with E-state index < -0.39 is 9.84 Å². The van der Waals surface area contributed by atoms with Crippen molar-refractivity contribution in [3.8, 4) is 0 Å². The van der Waals surface area contributed by atoms with Crippen molar-refractivity contribution in [1.82, 2.24) is 19.8 Å². The molecule has 6 nitrogen and oxygen atoms in total. The lowest BCUT2D eigenvalue weighted by molar-refractivity contribution is 0.460. The summed E-state index contributed by atoms with van der Waals surface area (Å²) in [6.45, 7) is 0. The summed E-state index contributed by atoms with van der Waals surface area (Å²) in [6, 6.07) is 0. The minimum atomic E-state index is -2.78. The molecule has 0 bridgehead atoms. The first-order valence-electron chi connectivity index (χ1n) is 7.02. The highest BCUT2D eigenvalue weighted by Gasteiger charge is 2.30. The van der Waals surface area contributed by atoms with Gasteiger partial charge < -0.3 is 0 Å². The number of sulfone groups is 1. The first-order valence-corrected chi connectivity index (χ1v) is 9.66. The van der Waals surface area contributed by atoms with Gasteiger partial charge >= 0.3 is 0 Å². The number of nitrogens with zero attached hydrogens (tertiary/aromatic N) is 4. The van der Waals surface area contributed by atoms with Gasteiger partial charge in [0, 0.05) is 12.3 Å². The zero-order chi connectivity index (χ0) is 13.7. The molecule has 1 saturated heterocycles. The van der Waals surface area contributed by atoms with Crippen LogP contribution in [0.15, 0.2) is 0 Å². The van der Waals surface area contributed by atoms with Crippen molar-refractivity contribution >= 4 is 26.1 Å². The fourth-order valence-corrected chi connectivity index (χ4v) is 5.28. The largest absolute Gasteiger partial charge is 0.234 e. The SMILES string of the molecule is O=S1(=O)CCC(Cc2nn3c(C4CC4)nnc3s2)CC1. The quantitative estimate of drug-likeness (QED) is 0.857. The second-order valence-electron chi connectivity index (χ2n) is 5.82. The van der Waals surface area contributed by atoms with Crippen LogP contribution in [0.5, 0.6) is 0 Å². The molecule has 8 heteroatoms. The second kappa shape index (κ2) is 4.49. The van der Waals surface area contributed by atoms with Crippen molar-refractivity contribution in [3.05, 3.63) is 10.8 Å². The Morgan fingerprint density at radius 3 is 2.60 bits per heavy atom. The van der Waals surface area contributed by atoms with E-state index in [1.165, 1.54) is 12.8 Å². The molecule has 20 heavy (non-hydrogen) atoms. The van der Waals surface area contributed by atoms with Crippen molar-refractivity contribution < 1.29 is 8.42 Å².